The fraction of sp³-hybridized carbons (Fsp3) is 0.269. The molecule has 0 aliphatic heterocycles. The lowest BCUT2D eigenvalue weighted by Gasteiger charge is -2.35. The summed E-state index contributed by atoms with van der Waals surface area (Å²) < 4.78 is 0. The fourth-order valence-electron chi connectivity index (χ4n) is 4.14. The topological polar surface area (TPSA) is 37.3 Å². The van der Waals surface area contributed by atoms with Gasteiger partial charge in [0.05, 0.1) is 0 Å². The summed E-state index contributed by atoms with van der Waals surface area (Å²) in [6, 6.07) is 18.8. The van der Waals surface area contributed by atoms with E-state index in [9.17, 15) is 4.79 Å². The summed E-state index contributed by atoms with van der Waals surface area (Å²) in [6.45, 7) is 6.83. The van der Waals surface area contributed by atoms with E-state index in [4.69, 9.17) is 5.11 Å². The van der Waals surface area contributed by atoms with Gasteiger partial charge >= 0.3 is 5.97 Å². The number of carbonyl (C=O) groups is 1. The molecule has 0 amide bonds. The van der Waals surface area contributed by atoms with Gasteiger partial charge in [-0.2, -0.15) is 0 Å². The van der Waals surface area contributed by atoms with E-state index in [1.807, 2.05) is 18.2 Å². The third-order valence-electron chi connectivity index (χ3n) is 5.28. The van der Waals surface area contributed by atoms with E-state index >= 15 is 0 Å². The molecule has 28 heavy (non-hydrogen) atoms. The van der Waals surface area contributed by atoms with E-state index in [0.717, 1.165) is 24.8 Å². The zero-order valence-corrected chi connectivity index (χ0v) is 16.9. The average Bonchev–Trinajstić information content (AvgIpc) is 2.67. The van der Waals surface area contributed by atoms with Gasteiger partial charge in [0.15, 0.2) is 0 Å². The molecule has 2 aromatic carbocycles. The summed E-state index contributed by atoms with van der Waals surface area (Å²) in [5.41, 5.74) is 7.84. The van der Waals surface area contributed by atoms with Gasteiger partial charge in [0.1, 0.15) is 0 Å². The number of hydrogen-bond donors (Lipinski definition) is 1. The Morgan fingerprint density at radius 3 is 2.21 bits per heavy atom. The quantitative estimate of drug-likeness (QED) is 0.476. The van der Waals surface area contributed by atoms with Crippen LogP contribution in [0.5, 0.6) is 0 Å². The second-order valence-corrected chi connectivity index (χ2v) is 8.28. The number of carboxylic acids is 1. The Labute approximate surface area is 167 Å². The second-order valence-electron chi connectivity index (χ2n) is 8.28. The molecule has 1 N–H and O–H groups in total. The molecule has 2 heteroatoms. The number of benzene rings is 2. The molecular weight excluding hydrogens is 344 g/mol. The number of rotatable bonds is 4. The first kappa shape index (κ1) is 19.9. The normalized spacial score (nSPS) is 19.8. The highest BCUT2D eigenvalue weighted by Gasteiger charge is 2.29. The molecule has 2 aromatic rings. The van der Waals surface area contributed by atoms with Gasteiger partial charge in [0.25, 0.3) is 0 Å². The van der Waals surface area contributed by atoms with Gasteiger partial charge in [0, 0.05) is 6.08 Å². The van der Waals surface area contributed by atoms with Crippen LogP contribution < -0.4 is 0 Å². The van der Waals surface area contributed by atoms with Crippen LogP contribution in [-0.2, 0) is 4.79 Å². The van der Waals surface area contributed by atoms with Crippen LogP contribution in [0.25, 0.3) is 11.6 Å². The lowest BCUT2D eigenvalue weighted by Crippen LogP contribution is -2.20. The zero-order valence-electron chi connectivity index (χ0n) is 16.9. The van der Waals surface area contributed by atoms with Crippen LogP contribution in [0.2, 0.25) is 0 Å². The monoisotopic (exact) mass is 372 g/mol. The molecule has 3 rings (SSSR count). The maximum atomic E-state index is 10.8. The SMILES string of the molecule is C/C=C1/C/C(=C(/c2ccccc2)c2ccc(/C=C/C(=O)O)cc2)CC(C)(C)C1. The predicted octanol–water partition coefficient (Wildman–Crippen LogP) is 6.74. The molecule has 0 radical (unpaired) electrons. The standard InChI is InChI=1S/C26H28O2/c1-4-19-16-23(18-26(2,3)17-19)25(21-8-6-5-7-9-21)22-13-10-20(11-14-22)12-15-24(27)28/h4-15H,16-18H2,1-3H3,(H,27,28)/b15-12+,19-4-,25-23+. The van der Waals surface area contributed by atoms with E-state index in [-0.39, 0.29) is 5.41 Å². The summed E-state index contributed by atoms with van der Waals surface area (Å²) in [5.74, 6) is -0.931. The van der Waals surface area contributed by atoms with Crippen molar-refractivity contribution in [1.82, 2.24) is 0 Å². The molecule has 0 unspecified atom stereocenters. The summed E-state index contributed by atoms with van der Waals surface area (Å²) in [6.07, 6.45) is 8.31. The summed E-state index contributed by atoms with van der Waals surface area (Å²) >= 11 is 0. The molecule has 1 fully saturated rings. The third kappa shape index (κ3) is 4.89. The molecule has 1 aliphatic rings. The first-order valence-corrected chi connectivity index (χ1v) is 9.81. The van der Waals surface area contributed by atoms with E-state index in [2.05, 4.69) is 63.2 Å². The van der Waals surface area contributed by atoms with Crippen LogP contribution in [0.15, 0.2) is 77.9 Å². The van der Waals surface area contributed by atoms with Gasteiger partial charge in [-0.25, -0.2) is 4.79 Å². The Bertz CT molecular complexity index is 926. The molecule has 0 saturated heterocycles. The van der Waals surface area contributed by atoms with E-state index in [1.165, 1.54) is 33.9 Å². The van der Waals surface area contributed by atoms with Gasteiger partial charge in [-0.15, -0.1) is 0 Å². The van der Waals surface area contributed by atoms with Crippen molar-refractivity contribution in [2.75, 3.05) is 0 Å². The Balaban J connectivity index is 2.09. The maximum Gasteiger partial charge on any atom is 0.328 e. The van der Waals surface area contributed by atoms with Crippen molar-refractivity contribution >= 4 is 17.6 Å². The van der Waals surface area contributed by atoms with Crippen LogP contribution in [0.3, 0.4) is 0 Å². The van der Waals surface area contributed by atoms with Crippen LogP contribution in [-0.4, -0.2) is 11.1 Å². The number of hydrogen-bond acceptors (Lipinski definition) is 1. The molecular formula is C26H28O2. The fourth-order valence-corrected chi connectivity index (χ4v) is 4.14. The van der Waals surface area contributed by atoms with Crippen LogP contribution >= 0.6 is 0 Å². The smallest absolute Gasteiger partial charge is 0.328 e. The highest BCUT2D eigenvalue weighted by atomic mass is 16.4. The first-order valence-electron chi connectivity index (χ1n) is 9.81. The lowest BCUT2D eigenvalue weighted by atomic mass is 9.70. The molecule has 0 heterocycles. The van der Waals surface area contributed by atoms with Crippen LogP contribution in [0, 0.1) is 5.41 Å². The van der Waals surface area contributed by atoms with E-state index in [1.54, 1.807) is 6.08 Å². The van der Waals surface area contributed by atoms with Gasteiger partial charge in [-0.3, -0.25) is 0 Å². The molecule has 0 spiro atoms. The van der Waals surface area contributed by atoms with E-state index < -0.39 is 5.97 Å². The first-order chi connectivity index (χ1) is 13.4. The van der Waals surface area contributed by atoms with Gasteiger partial charge in [0.2, 0.25) is 0 Å². The Morgan fingerprint density at radius 2 is 1.61 bits per heavy atom. The summed E-state index contributed by atoms with van der Waals surface area (Å²) in [4.78, 5) is 10.8. The minimum absolute atomic E-state index is 0.250. The summed E-state index contributed by atoms with van der Waals surface area (Å²) in [7, 11) is 0. The van der Waals surface area contributed by atoms with Crippen molar-refractivity contribution in [3.05, 3.63) is 94.6 Å². The molecule has 1 aliphatic carbocycles. The number of aliphatic carboxylic acids is 1. The molecule has 2 nitrogen and oxygen atoms in total. The van der Waals surface area contributed by atoms with E-state index in [0.29, 0.717) is 0 Å². The lowest BCUT2D eigenvalue weighted by molar-refractivity contribution is -0.131. The minimum Gasteiger partial charge on any atom is -0.478 e. The number of carboxylic acid groups (broad SMARTS) is 1. The Hall–Kier alpha value is -2.87. The zero-order chi connectivity index (χ0) is 20.1. The van der Waals surface area contributed by atoms with Crippen LogP contribution in [0.1, 0.15) is 56.7 Å². The van der Waals surface area contributed by atoms with Crippen molar-refractivity contribution in [3.8, 4) is 0 Å². The summed E-state index contributed by atoms with van der Waals surface area (Å²) in [5, 5.41) is 8.83. The third-order valence-corrected chi connectivity index (χ3v) is 5.28. The highest BCUT2D eigenvalue weighted by molar-refractivity contribution is 5.86. The molecule has 1 saturated carbocycles. The van der Waals surface area contributed by atoms with Crippen molar-refractivity contribution in [3.63, 3.8) is 0 Å². The van der Waals surface area contributed by atoms with Gasteiger partial charge in [-0.1, -0.05) is 85.7 Å². The molecule has 144 valence electrons. The maximum absolute atomic E-state index is 10.8. The predicted molar refractivity (Wildman–Crippen MR) is 117 cm³/mol. The van der Waals surface area contributed by atoms with Crippen molar-refractivity contribution in [2.45, 2.75) is 40.0 Å². The Kier molecular flexibility index (Phi) is 5.99. The second kappa shape index (κ2) is 8.43. The largest absolute Gasteiger partial charge is 0.478 e. The van der Waals surface area contributed by atoms with Crippen LogP contribution in [0.4, 0.5) is 0 Å². The average molecular weight is 373 g/mol. The highest BCUT2D eigenvalue weighted by Crippen LogP contribution is 2.45. The van der Waals surface area contributed by atoms with Gasteiger partial charge in [-0.05, 0) is 59.9 Å². The minimum atomic E-state index is -0.931. The molecule has 0 bridgehead atoms. The molecule has 0 atom stereocenters. The molecule has 0 aromatic heterocycles. The van der Waals surface area contributed by atoms with Crippen molar-refractivity contribution < 1.29 is 9.90 Å². The number of allylic oxidation sites excluding steroid dienone is 3. The van der Waals surface area contributed by atoms with Gasteiger partial charge < -0.3 is 5.11 Å². The Morgan fingerprint density at radius 1 is 0.964 bits per heavy atom. The van der Waals surface area contributed by atoms with Crippen molar-refractivity contribution in [2.24, 2.45) is 5.41 Å². The van der Waals surface area contributed by atoms with Crippen molar-refractivity contribution in [1.29, 1.82) is 0 Å².